The van der Waals surface area contributed by atoms with Crippen LogP contribution in [0.2, 0.25) is 0 Å². The average Bonchev–Trinajstić information content (AvgIpc) is 2.96. The van der Waals surface area contributed by atoms with E-state index in [0.717, 1.165) is 6.54 Å². The zero-order valence-electron chi connectivity index (χ0n) is 12.1. The van der Waals surface area contributed by atoms with Gasteiger partial charge in [0, 0.05) is 13.0 Å². The molecule has 2 heterocycles. The third-order valence-corrected chi connectivity index (χ3v) is 3.80. The number of likely N-dealkylation sites (tertiary alicyclic amines) is 1. The number of nitrogens with zero attached hydrogens (tertiary/aromatic N) is 1. The van der Waals surface area contributed by atoms with Gasteiger partial charge in [-0.1, -0.05) is 20.8 Å². The molecule has 0 aliphatic carbocycles. The zero-order chi connectivity index (χ0) is 14.9. The SMILES string of the molecule is CC(C)(C)C1CC(=O)N(Cc2ccc(C(=O)NN)o2)C1. The number of carbonyl (C=O) groups is 2. The monoisotopic (exact) mass is 279 g/mol. The highest BCUT2D eigenvalue weighted by atomic mass is 16.4. The number of furan rings is 1. The van der Waals surface area contributed by atoms with E-state index in [1.807, 2.05) is 5.43 Å². The van der Waals surface area contributed by atoms with Crippen LogP contribution in [0.25, 0.3) is 0 Å². The van der Waals surface area contributed by atoms with Crippen molar-refractivity contribution in [2.75, 3.05) is 6.54 Å². The van der Waals surface area contributed by atoms with Gasteiger partial charge in [-0.05, 0) is 23.5 Å². The van der Waals surface area contributed by atoms with Crippen molar-refractivity contribution >= 4 is 11.8 Å². The molecule has 110 valence electrons. The summed E-state index contributed by atoms with van der Waals surface area (Å²) in [5.41, 5.74) is 2.12. The van der Waals surface area contributed by atoms with Gasteiger partial charge in [0.25, 0.3) is 0 Å². The molecule has 0 aromatic carbocycles. The third-order valence-electron chi connectivity index (χ3n) is 3.80. The first-order valence-corrected chi connectivity index (χ1v) is 6.68. The van der Waals surface area contributed by atoms with Crippen LogP contribution in [-0.2, 0) is 11.3 Å². The van der Waals surface area contributed by atoms with Crippen LogP contribution in [0.3, 0.4) is 0 Å². The maximum absolute atomic E-state index is 12.0. The van der Waals surface area contributed by atoms with Crippen molar-refractivity contribution < 1.29 is 14.0 Å². The third kappa shape index (κ3) is 3.01. The van der Waals surface area contributed by atoms with Crippen LogP contribution in [0.5, 0.6) is 0 Å². The lowest BCUT2D eigenvalue weighted by Gasteiger charge is -2.26. The van der Waals surface area contributed by atoms with Crippen molar-refractivity contribution in [2.24, 2.45) is 17.2 Å². The van der Waals surface area contributed by atoms with Crippen molar-refractivity contribution in [2.45, 2.75) is 33.7 Å². The van der Waals surface area contributed by atoms with Crippen LogP contribution >= 0.6 is 0 Å². The number of hydrogen-bond acceptors (Lipinski definition) is 4. The van der Waals surface area contributed by atoms with Crippen LogP contribution in [-0.4, -0.2) is 23.3 Å². The fourth-order valence-electron chi connectivity index (χ4n) is 2.35. The molecule has 1 aromatic rings. The summed E-state index contributed by atoms with van der Waals surface area (Å²) in [6.07, 6.45) is 0.570. The van der Waals surface area contributed by atoms with Crippen LogP contribution in [0.1, 0.15) is 43.5 Å². The summed E-state index contributed by atoms with van der Waals surface area (Å²) in [5, 5.41) is 0. The van der Waals surface area contributed by atoms with Gasteiger partial charge in [0.2, 0.25) is 5.91 Å². The van der Waals surface area contributed by atoms with Crippen LogP contribution < -0.4 is 11.3 Å². The molecule has 2 rings (SSSR count). The summed E-state index contributed by atoms with van der Waals surface area (Å²) >= 11 is 0. The van der Waals surface area contributed by atoms with Crippen molar-refractivity contribution in [3.05, 3.63) is 23.7 Å². The Morgan fingerprint density at radius 3 is 2.75 bits per heavy atom. The minimum Gasteiger partial charge on any atom is -0.454 e. The van der Waals surface area contributed by atoms with E-state index in [0.29, 0.717) is 24.6 Å². The molecular formula is C14H21N3O3. The molecular weight excluding hydrogens is 258 g/mol. The number of nitrogen functional groups attached to an aromatic ring is 1. The second kappa shape index (κ2) is 5.28. The van der Waals surface area contributed by atoms with E-state index in [2.05, 4.69) is 20.8 Å². The number of carbonyl (C=O) groups excluding carboxylic acids is 2. The highest BCUT2D eigenvalue weighted by molar-refractivity contribution is 5.90. The molecule has 1 aromatic heterocycles. The maximum Gasteiger partial charge on any atom is 0.300 e. The summed E-state index contributed by atoms with van der Waals surface area (Å²) in [6.45, 7) is 7.55. The Hall–Kier alpha value is -1.82. The summed E-state index contributed by atoms with van der Waals surface area (Å²) in [6, 6.07) is 3.25. The number of nitrogens with one attached hydrogen (secondary N) is 1. The van der Waals surface area contributed by atoms with Crippen LogP contribution in [0.15, 0.2) is 16.5 Å². The summed E-state index contributed by atoms with van der Waals surface area (Å²) in [5.74, 6) is 5.78. The molecule has 1 fully saturated rings. The number of amides is 2. The molecule has 1 unspecified atom stereocenters. The number of hydrogen-bond donors (Lipinski definition) is 2. The fourth-order valence-corrected chi connectivity index (χ4v) is 2.35. The zero-order valence-corrected chi connectivity index (χ0v) is 12.1. The van der Waals surface area contributed by atoms with Gasteiger partial charge in [0.05, 0.1) is 6.54 Å². The highest BCUT2D eigenvalue weighted by Gasteiger charge is 2.37. The van der Waals surface area contributed by atoms with Gasteiger partial charge < -0.3 is 9.32 Å². The quantitative estimate of drug-likeness (QED) is 0.495. The van der Waals surface area contributed by atoms with E-state index in [9.17, 15) is 9.59 Å². The van der Waals surface area contributed by atoms with E-state index in [4.69, 9.17) is 10.3 Å². The van der Waals surface area contributed by atoms with Crippen molar-refractivity contribution in [3.63, 3.8) is 0 Å². The van der Waals surface area contributed by atoms with Crippen LogP contribution in [0, 0.1) is 11.3 Å². The molecule has 0 saturated carbocycles. The predicted molar refractivity (Wildman–Crippen MR) is 73.3 cm³/mol. The highest BCUT2D eigenvalue weighted by Crippen LogP contribution is 2.34. The standard InChI is InChI=1S/C14H21N3O3/c1-14(2,3)9-6-12(18)17(7-9)8-10-4-5-11(20-10)13(19)16-15/h4-5,9H,6-8,15H2,1-3H3,(H,16,19). The molecule has 20 heavy (non-hydrogen) atoms. The van der Waals surface area contributed by atoms with Gasteiger partial charge in [-0.25, -0.2) is 5.84 Å². The largest absolute Gasteiger partial charge is 0.454 e. The molecule has 2 amide bonds. The van der Waals surface area contributed by atoms with Gasteiger partial charge >= 0.3 is 5.91 Å². The fraction of sp³-hybridized carbons (Fsp3) is 0.571. The van der Waals surface area contributed by atoms with Crippen molar-refractivity contribution in [1.29, 1.82) is 0 Å². The molecule has 1 atom stereocenters. The minimum absolute atomic E-state index is 0.109. The van der Waals surface area contributed by atoms with E-state index < -0.39 is 5.91 Å². The summed E-state index contributed by atoms with van der Waals surface area (Å²) < 4.78 is 5.38. The molecule has 1 saturated heterocycles. The molecule has 3 N–H and O–H groups in total. The maximum atomic E-state index is 12.0. The topological polar surface area (TPSA) is 88.6 Å². The molecule has 6 heteroatoms. The Kier molecular flexibility index (Phi) is 3.85. The lowest BCUT2D eigenvalue weighted by molar-refractivity contribution is -0.128. The summed E-state index contributed by atoms with van der Waals surface area (Å²) in [4.78, 5) is 25.1. The van der Waals surface area contributed by atoms with Gasteiger partial charge in [0.1, 0.15) is 5.76 Å². The van der Waals surface area contributed by atoms with Crippen molar-refractivity contribution in [1.82, 2.24) is 10.3 Å². The van der Waals surface area contributed by atoms with E-state index >= 15 is 0 Å². The number of nitrogens with two attached hydrogens (primary N) is 1. The normalized spacial score (nSPS) is 19.5. The first kappa shape index (κ1) is 14.6. The Morgan fingerprint density at radius 1 is 1.50 bits per heavy atom. The Morgan fingerprint density at radius 2 is 2.20 bits per heavy atom. The Labute approximate surface area is 118 Å². The smallest absolute Gasteiger partial charge is 0.300 e. The molecule has 1 aliphatic rings. The Balaban J connectivity index is 2.02. The first-order chi connectivity index (χ1) is 9.31. The molecule has 6 nitrogen and oxygen atoms in total. The van der Waals surface area contributed by atoms with Gasteiger partial charge in [-0.3, -0.25) is 15.0 Å². The van der Waals surface area contributed by atoms with Crippen molar-refractivity contribution in [3.8, 4) is 0 Å². The number of rotatable bonds is 3. The van der Waals surface area contributed by atoms with E-state index in [1.54, 1.807) is 17.0 Å². The lowest BCUT2D eigenvalue weighted by atomic mass is 9.80. The molecule has 1 aliphatic heterocycles. The Bertz CT molecular complexity index is 516. The first-order valence-electron chi connectivity index (χ1n) is 6.68. The molecule has 0 spiro atoms. The second-order valence-electron chi connectivity index (χ2n) is 6.28. The number of hydrazine groups is 1. The average molecular weight is 279 g/mol. The van der Waals surface area contributed by atoms with E-state index in [-0.39, 0.29) is 17.1 Å². The predicted octanol–water partition coefficient (Wildman–Crippen LogP) is 1.28. The molecule has 0 bridgehead atoms. The van der Waals surface area contributed by atoms with Gasteiger partial charge in [-0.15, -0.1) is 0 Å². The summed E-state index contributed by atoms with van der Waals surface area (Å²) in [7, 11) is 0. The minimum atomic E-state index is -0.475. The van der Waals surface area contributed by atoms with Crippen LogP contribution in [0.4, 0.5) is 0 Å². The van der Waals surface area contributed by atoms with E-state index in [1.165, 1.54) is 0 Å². The van der Waals surface area contributed by atoms with Gasteiger partial charge in [-0.2, -0.15) is 0 Å². The molecule has 0 radical (unpaired) electrons. The second-order valence-corrected chi connectivity index (χ2v) is 6.28. The van der Waals surface area contributed by atoms with Gasteiger partial charge in [0.15, 0.2) is 5.76 Å². The lowest BCUT2D eigenvalue weighted by Crippen LogP contribution is -2.29.